The minimum absolute atomic E-state index is 0.0393. The van der Waals surface area contributed by atoms with Gasteiger partial charge in [0.15, 0.2) is 0 Å². The molecule has 3 aromatic carbocycles. The van der Waals surface area contributed by atoms with Crippen LogP contribution < -0.4 is 16.4 Å². The highest BCUT2D eigenvalue weighted by atomic mass is 16.1. The molecule has 4 rings (SSSR count). The van der Waals surface area contributed by atoms with Crippen LogP contribution in [0.3, 0.4) is 0 Å². The van der Waals surface area contributed by atoms with Crippen LogP contribution in [0.1, 0.15) is 39.4 Å². The van der Waals surface area contributed by atoms with E-state index < -0.39 is 0 Å². The predicted octanol–water partition coefficient (Wildman–Crippen LogP) is 3.84. The molecule has 2 unspecified atom stereocenters. The maximum atomic E-state index is 12.3. The van der Waals surface area contributed by atoms with Gasteiger partial charge in [0.25, 0.3) is 5.91 Å². The van der Waals surface area contributed by atoms with Gasteiger partial charge in [-0.15, -0.1) is 0 Å². The van der Waals surface area contributed by atoms with Crippen LogP contribution in [0, 0.1) is 0 Å². The minimum atomic E-state index is -0.0393. The number of amides is 1. The average molecular weight is 371 g/mol. The molecule has 0 radical (unpaired) electrons. The van der Waals surface area contributed by atoms with Gasteiger partial charge in [-0.25, -0.2) is 0 Å². The lowest BCUT2D eigenvalue weighted by molar-refractivity contribution is 0.0951. The summed E-state index contributed by atoms with van der Waals surface area (Å²) in [7, 11) is 0. The first-order valence-corrected chi connectivity index (χ1v) is 9.69. The van der Waals surface area contributed by atoms with Crippen molar-refractivity contribution < 1.29 is 4.79 Å². The fourth-order valence-corrected chi connectivity index (χ4v) is 3.50. The van der Waals surface area contributed by atoms with Gasteiger partial charge in [-0.3, -0.25) is 4.79 Å². The third-order valence-corrected chi connectivity index (χ3v) is 5.21. The van der Waals surface area contributed by atoms with E-state index in [2.05, 4.69) is 28.8 Å². The second-order valence-electron chi connectivity index (χ2n) is 7.36. The zero-order chi connectivity index (χ0) is 19.3. The molecule has 0 aliphatic heterocycles. The molecule has 4 heteroatoms. The van der Waals surface area contributed by atoms with Crippen molar-refractivity contribution >= 4 is 11.6 Å². The highest BCUT2D eigenvalue weighted by Crippen LogP contribution is 2.41. The summed E-state index contributed by atoms with van der Waals surface area (Å²) in [4.78, 5) is 12.3. The normalized spacial score (nSPS) is 17.9. The van der Waals surface area contributed by atoms with Gasteiger partial charge in [0.05, 0.1) is 0 Å². The van der Waals surface area contributed by atoms with Crippen LogP contribution in [0.15, 0.2) is 78.9 Å². The van der Waals surface area contributed by atoms with Crippen LogP contribution in [0.25, 0.3) is 0 Å². The first-order valence-electron chi connectivity index (χ1n) is 9.69. The molecule has 0 heterocycles. The smallest absolute Gasteiger partial charge is 0.251 e. The zero-order valence-electron chi connectivity index (χ0n) is 15.8. The van der Waals surface area contributed by atoms with E-state index >= 15 is 0 Å². The second-order valence-corrected chi connectivity index (χ2v) is 7.36. The molecule has 4 N–H and O–H groups in total. The number of hydrogen-bond donors (Lipinski definition) is 3. The Kier molecular flexibility index (Phi) is 5.40. The summed E-state index contributed by atoms with van der Waals surface area (Å²) in [5, 5.41) is 6.56. The lowest BCUT2D eigenvalue weighted by Crippen LogP contribution is -2.22. The maximum Gasteiger partial charge on any atom is 0.251 e. The summed E-state index contributed by atoms with van der Waals surface area (Å²) < 4.78 is 0. The number of rotatable bonds is 7. The van der Waals surface area contributed by atoms with Crippen molar-refractivity contribution in [2.45, 2.75) is 31.5 Å². The Morgan fingerprint density at radius 1 is 0.893 bits per heavy atom. The van der Waals surface area contributed by atoms with Crippen LogP contribution in [-0.2, 0) is 13.1 Å². The zero-order valence-corrected chi connectivity index (χ0v) is 15.8. The Balaban J connectivity index is 1.27. The van der Waals surface area contributed by atoms with E-state index in [-0.39, 0.29) is 5.91 Å². The van der Waals surface area contributed by atoms with Crippen molar-refractivity contribution in [1.82, 2.24) is 10.6 Å². The monoisotopic (exact) mass is 371 g/mol. The van der Waals surface area contributed by atoms with Gasteiger partial charge in [-0.1, -0.05) is 54.6 Å². The summed E-state index contributed by atoms with van der Waals surface area (Å²) in [6.07, 6.45) is 1.13. The summed E-state index contributed by atoms with van der Waals surface area (Å²) in [5.74, 6) is 0.477. The van der Waals surface area contributed by atoms with Crippen LogP contribution in [0.5, 0.6) is 0 Å². The number of nitrogen functional groups attached to an aromatic ring is 1. The summed E-state index contributed by atoms with van der Waals surface area (Å²) in [6.45, 7) is 1.37. The number of nitrogens with one attached hydrogen (secondary N) is 2. The SMILES string of the molecule is Nc1cccc(CNC2CC2c2ccc(C(=O)NCc3ccccc3)cc2)c1. The molecule has 3 aromatic rings. The van der Waals surface area contributed by atoms with Gasteiger partial charge in [-0.05, 0) is 47.4 Å². The van der Waals surface area contributed by atoms with Crippen molar-refractivity contribution in [2.75, 3.05) is 5.73 Å². The van der Waals surface area contributed by atoms with Gasteiger partial charge in [0.2, 0.25) is 0 Å². The Bertz CT molecular complexity index is 938. The Labute approximate surface area is 165 Å². The number of anilines is 1. The van der Waals surface area contributed by atoms with Gasteiger partial charge in [0.1, 0.15) is 0 Å². The van der Waals surface area contributed by atoms with Crippen LogP contribution >= 0.6 is 0 Å². The molecule has 1 aliphatic carbocycles. The molecule has 1 fully saturated rings. The minimum Gasteiger partial charge on any atom is -0.399 e. The topological polar surface area (TPSA) is 67.1 Å². The lowest BCUT2D eigenvalue weighted by Gasteiger charge is -2.07. The fraction of sp³-hybridized carbons (Fsp3) is 0.208. The molecule has 0 spiro atoms. The first-order chi connectivity index (χ1) is 13.7. The predicted molar refractivity (Wildman–Crippen MR) is 113 cm³/mol. The standard InChI is InChI=1S/C24H25N3O/c25-21-8-4-7-18(13-21)16-26-23-14-22(23)19-9-11-20(12-10-19)24(28)27-15-17-5-2-1-3-6-17/h1-13,22-23,26H,14-16,25H2,(H,27,28). The van der Waals surface area contributed by atoms with E-state index in [0.717, 1.165) is 24.2 Å². The number of benzene rings is 3. The molecular weight excluding hydrogens is 346 g/mol. The highest BCUT2D eigenvalue weighted by molar-refractivity contribution is 5.94. The third-order valence-electron chi connectivity index (χ3n) is 5.21. The highest BCUT2D eigenvalue weighted by Gasteiger charge is 2.37. The molecule has 1 saturated carbocycles. The third kappa shape index (κ3) is 4.59. The Morgan fingerprint density at radius 3 is 2.39 bits per heavy atom. The van der Waals surface area contributed by atoms with E-state index in [4.69, 9.17) is 5.73 Å². The van der Waals surface area contributed by atoms with E-state index in [0.29, 0.717) is 24.1 Å². The number of nitrogens with two attached hydrogens (primary N) is 1. The van der Waals surface area contributed by atoms with Crippen molar-refractivity contribution in [3.63, 3.8) is 0 Å². The Hall–Kier alpha value is -3.11. The molecule has 142 valence electrons. The van der Waals surface area contributed by atoms with Crippen LogP contribution in [0.2, 0.25) is 0 Å². The number of carbonyl (C=O) groups is 1. The molecule has 28 heavy (non-hydrogen) atoms. The molecule has 4 nitrogen and oxygen atoms in total. The van der Waals surface area contributed by atoms with Crippen molar-refractivity contribution in [1.29, 1.82) is 0 Å². The molecule has 0 aromatic heterocycles. The first kappa shape index (κ1) is 18.3. The molecule has 2 atom stereocenters. The number of carbonyl (C=O) groups excluding carboxylic acids is 1. The van der Waals surface area contributed by atoms with Crippen molar-refractivity contribution in [3.8, 4) is 0 Å². The quantitative estimate of drug-likeness (QED) is 0.553. The van der Waals surface area contributed by atoms with Gasteiger partial charge in [0, 0.05) is 36.3 Å². The molecule has 0 saturated heterocycles. The maximum absolute atomic E-state index is 12.3. The van der Waals surface area contributed by atoms with E-state index in [1.165, 1.54) is 11.1 Å². The largest absolute Gasteiger partial charge is 0.399 e. The van der Waals surface area contributed by atoms with Gasteiger partial charge in [-0.2, -0.15) is 0 Å². The number of hydrogen-bond acceptors (Lipinski definition) is 3. The fourth-order valence-electron chi connectivity index (χ4n) is 3.50. The molecule has 1 amide bonds. The lowest BCUT2D eigenvalue weighted by atomic mass is 10.1. The van der Waals surface area contributed by atoms with Gasteiger partial charge >= 0.3 is 0 Å². The molecule has 1 aliphatic rings. The second kappa shape index (κ2) is 8.28. The van der Waals surface area contributed by atoms with Gasteiger partial charge < -0.3 is 16.4 Å². The van der Waals surface area contributed by atoms with Crippen LogP contribution in [0.4, 0.5) is 5.69 Å². The van der Waals surface area contributed by atoms with E-state index in [1.54, 1.807) is 0 Å². The van der Waals surface area contributed by atoms with Crippen molar-refractivity contribution in [2.24, 2.45) is 0 Å². The summed E-state index contributed by atoms with van der Waals surface area (Å²) in [6, 6.07) is 26.4. The summed E-state index contributed by atoms with van der Waals surface area (Å²) in [5.41, 5.74) is 10.9. The Morgan fingerprint density at radius 2 is 1.64 bits per heavy atom. The summed E-state index contributed by atoms with van der Waals surface area (Å²) >= 11 is 0. The molecule has 0 bridgehead atoms. The molecular formula is C24H25N3O. The van der Waals surface area contributed by atoms with Crippen LogP contribution in [-0.4, -0.2) is 11.9 Å². The van der Waals surface area contributed by atoms with Crippen molar-refractivity contribution in [3.05, 3.63) is 101 Å². The average Bonchev–Trinajstić information content (AvgIpc) is 3.51. The van der Waals surface area contributed by atoms with E-state index in [1.807, 2.05) is 60.7 Å². The van der Waals surface area contributed by atoms with E-state index in [9.17, 15) is 4.79 Å².